The van der Waals surface area contributed by atoms with Crippen LogP contribution in [-0.2, 0) is 4.79 Å². The number of aromatic nitrogens is 2. The first-order valence-electron chi connectivity index (χ1n) is 8.14. The highest BCUT2D eigenvalue weighted by atomic mass is 32.1. The fourth-order valence-electron chi connectivity index (χ4n) is 2.88. The molecule has 136 valence electrons. The fourth-order valence-corrected chi connectivity index (χ4v) is 3.53. The van der Waals surface area contributed by atoms with E-state index in [4.69, 9.17) is 4.52 Å². The summed E-state index contributed by atoms with van der Waals surface area (Å²) < 4.78 is 41.8. The van der Waals surface area contributed by atoms with Crippen molar-refractivity contribution in [1.82, 2.24) is 15.0 Å². The van der Waals surface area contributed by atoms with Crippen molar-refractivity contribution in [3.8, 4) is 10.7 Å². The van der Waals surface area contributed by atoms with Gasteiger partial charge in [-0.3, -0.25) is 4.79 Å². The van der Waals surface area contributed by atoms with E-state index in [9.17, 15) is 18.0 Å². The van der Waals surface area contributed by atoms with Gasteiger partial charge in [-0.05, 0) is 30.7 Å². The van der Waals surface area contributed by atoms with Gasteiger partial charge in [0.1, 0.15) is 0 Å². The number of rotatable bonds is 5. The molecule has 0 aliphatic carbocycles. The molecule has 5 nitrogen and oxygen atoms in total. The van der Waals surface area contributed by atoms with Gasteiger partial charge in [0.05, 0.1) is 4.88 Å². The molecule has 1 saturated heterocycles. The molecule has 1 aliphatic rings. The average Bonchev–Trinajstić information content (AvgIpc) is 3.25. The second kappa shape index (κ2) is 7.55. The van der Waals surface area contributed by atoms with Gasteiger partial charge in [0, 0.05) is 31.8 Å². The summed E-state index contributed by atoms with van der Waals surface area (Å²) in [5, 5.41) is 5.93. The van der Waals surface area contributed by atoms with Gasteiger partial charge in [-0.1, -0.05) is 11.2 Å². The summed E-state index contributed by atoms with van der Waals surface area (Å²) in [5.41, 5.74) is 0. The summed E-state index contributed by atoms with van der Waals surface area (Å²) in [6, 6.07) is 3.83. The SMILES string of the molecule is O=C(CCCC(F)(F)F)N1CCC(c2nc(-c3cccs3)no2)CC1. The van der Waals surface area contributed by atoms with E-state index in [0.29, 0.717) is 37.6 Å². The third-order valence-electron chi connectivity index (χ3n) is 4.23. The first-order chi connectivity index (χ1) is 11.9. The van der Waals surface area contributed by atoms with Crippen LogP contribution < -0.4 is 0 Å². The van der Waals surface area contributed by atoms with Gasteiger partial charge in [0.15, 0.2) is 0 Å². The molecule has 0 unspecified atom stereocenters. The first-order valence-corrected chi connectivity index (χ1v) is 9.02. The maximum atomic E-state index is 12.1. The van der Waals surface area contributed by atoms with E-state index in [2.05, 4.69) is 10.1 Å². The van der Waals surface area contributed by atoms with Gasteiger partial charge in [-0.15, -0.1) is 11.3 Å². The van der Waals surface area contributed by atoms with Crippen LogP contribution in [0, 0.1) is 0 Å². The Bertz CT molecular complexity index is 692. The Balaban J connectivity index is 1.48. The lowest BCUT2D eigenvalue weighted by atomic mass is 9.96. The second-order valence-electron chi connectivity index (χ2n) is 6.06. The number of carbonyl (C=O) groups excluding carboxylic acids is 1. The smallest absolute Gasteiger partial charge is 0.343 e. The number of nitrogens with zero attached hydrogens (tertiary/aromatic N) is 3. The normalized spacial score (nSPS) is 16.4. The second-order valence-corrected chi connectivity index (χ2v) is 7.01. The van der Waals surface area contributed by atoms with Gasteiger partial charge in [0.2, 0.25) is 17.6 Å². The summed E-state index contributed by atoms with van der Waals surface area (Å²) in [5.74, 6) is 0.996. The molecule has 9 heteroatoms. The van der Waals surface area contributed by atoms with Crippen LogP contribution in [0.25, 0.3) is 10.7 Å². The minimum atomic E-state index is -4.20. The third-order valence-corrected chi connectivity index (χ3v) is 5.10. The Morgan fingerprint density at radius 2 is 2.12 bits per heavy atom. The number of carbonyl (C=O) groups is 1. The number of thiophene rings is 1. The fraction of sp³-hybridized carbons (Fsp3) is 0.562. The molecule has 25 heavy (non-hydrogen) atoms. The minimum absolute atomic E-state index is 0.0622. The van der Waals surface area contributed by atoms with E-state index in [1.807, 2.05) is 17.5 Å². The molecule has 0 spiro atoms. The maximum absolute atomic E-state index is 12.1. The van der Waals surface area contributed by atoms with Gasteiger partial charge < -0.3 is 9.42 Å². The number of likely N-dealkylation sites (tertiary alicyclic amines) is 1. The van der Waals surface area contributed by atoms with E-state index in [1.54, 1.807) is 4.90 Å². The van der Waals surface area contributed by atoms with Crippen LogP contribution >= 0.6 is 11.3 Å². The molecule has 0 aromatic carbocycles. The van der Waals surface area contributed by atoms with Crippen molar-refractivity contribution < 1.29 is 22.5 Å². The van der Waals surface area contributed by atoms with Crippen LogP contribution in [0.15, 0.2) is 22.0 Å². The molecule has 2 aromatic rings. The van der Waals surface area contributed by atoms with Gasteiger partial charge in [0.25, 0.3) is 0 Å². The minimum Gasteiger partial charge on any atom is -0.343 e. The number of piperidine rings is 1. The Morgan fingerprint density at radius 3 is 2.76 bits per heavy atom. The summed E-state index contributed by atoms with van der Waals surface area (Å²) >= 11 is 1.53. The lowest BCUT2D eigenvalue weighted by molar-refractivity contribution is -0.140. The molecule has 0 saturated carbocycles. The molecule has 0 radical (unpaired) electrons. The number of hydrogen-bond donors (Lipinski definition) is 0. The van der Waals surface area contributed by atoms with E-state index in [0.717, 1.165) is 4.88 Å². The molecule has 1 aliphatic heterocycles. The zero-order valence-corrected chi connectivity index (χ0v) is 14.3. The molecular weight excluding hydrogens is 355 g/mol. The Labute approximate surface area is 146 Å². The summed E-state index contributed by atoms with van der Waals surface area (Å²) in [6.45, 7) is 1.01. The molecule has 0 N–H and O–H groups in total. The molecule has 3 rings (SSSR count). The van der Waals surface area contributed by atoms with Gasteiger partial charge in [-0.2, -0.15) is 18.2 Å². The predicted octanol–water partition coefficient (Wildman–Crippen LogP) is 4.24. The molecule has 0 atom stereocenters. The predicted molar refractivity (Wildman–Crippen MR) is 86.1 cm³/mol. The van der Waals surface area contributed by atoms with Crippen molar-refractivity contribution in [2.24, 2.45) is 0 Å². The molecule has 1 fully saturated rings. The van der Waals surface area contributed by atoms with E-state index >= 15 is 0 Å². The van der Waals surface area contributed by atoms with Crippen molar-refractivity contribution in [2.75, 3.05) is 13.1 Å². The van der Waals surface area contributed by atoms with Crippen molar-refractivity contribution in [3.05, 3.63) is 23.4 Å². The van der Waals surface area contributed by atoms with Crippen molar-refractivity contribution in [3.63, 3.8) is 0 Å². The topological polar surface area (TPSA) is 59.2 Å². The number of alkyl halides is 3. The third kappa shape index (κ3) is 4.81. The zero-order valence-electron chi connectivity index (χ0n) is 13.5. The lowest BCUT2D eigenvalue weighted by Gasteiger charge is -2.30. The summed E-state index contributed by atoms with van der Waals surface area (Å²) in [4.78, 5) is 19.0. The van der Waals surface area contributed by atoms with Crippen molar-refractivity contribution in [2.45, 2.75) is 44.2 Å². The Morgan fingerprint density at radius 1 is 1.36 bits per heavy atom. The maximum Gasteiger partial charge on any atom is 0.389 e. The molecule has 1 amide bonds. The standard InChI is InChI=1S/C16H18F3N3O2S/c17-16(18,19)7-1-4-13(23)22-8-5-11(6-9-22)15-20-14(21-24-15)12-3-2-10-25-12/h2-3,10-11H,1,4-9H2. The monoisotopic (exact) mass is 373 g/mol. The number of hydrogen-bond acceptors (Lipinski definition) is 5. The Hall–Kier alpha value is -1.90. The van der Waals surface area contributed by atoms with Crippen LogP contribution in [-0.4, -0.2) is 40.2 Å². The molecule has 0 bridgehead atoms. The van der Waals surface area contributed by atoms with Crippen LogP contribution in [0.4, 0.5) is 13.2 Å². The van der Waals surface area contributed by atoms with Crippen LogP contribution in [0.2, 0.25) is 0 Å². The lowest BCUT2D eigenvalue weighted by Crippen LogP contribution is -2.38. The van der Waals surface area contributed by atoms with Crippen LogP contribution in [0.1, 0.15) is 43.9 Å². The van der Waals surface area contributed by atoms with Crippen LogP contribution in [0.3, 0.4) is 0 Å². The highest BCUT2D eigenvalue weighted by molar-refractivity contribution is 7.13. The van der Waals surface area contributed by atoms with E-state index in [-0.39, 0.29) is 24.7 Å². The zero-order chi connectivity index (χ0) is 17.9. The van der Waals surface area contributed by atoms with Gasteiger partial charge >= 0.3 is 6.18 Å². The van der Waals surface area contributed by atoms with E-state index < -0.39 is 12.6 Å². The highest BCUT2D eigenvalue weighted by Crippen LogP contribution is 2.30. The Kier molecular flexibility index (Phi) is 5.41. The molecule has 2 aromatic heterocycles. The number of halogens is 3. The van der Waals surface area contributed by atoms with Crippen molar-refractivity contribution >= 4 is 17.2 Å². The van der Waals surface area contributed by atoms with Crippen LogP contribution in [0.5, 0.6) is 0 Å². The summed E-state index contributed by atoms with van der Waals surface area (Å²) in [7, 11) is 0. The largest absolute Gasteiger partial charge is 0.389 e. The molecule has 3 heterocycles. The quantitative estimate of drug-likeness (QED) is 0.787. The van der Waals surface area contributed by atoms with E-state index in [1.165, 1.54) is 11.3 Å². The summed E-state index contributed by atoms with van der Waals surface area (Å²) in [6.07, 6.45) is -3.98. The number of amides is 1. The molecular formula is C16H18F3N3O2S. The average molecular weight is 373 g/mol. The van der Waals surface area contributed by atoms with Gasteiger partial charge in [-0.25, -0.2) is 0 Å². The highest BCUT2D eigenvalue weighted by Gasteiger charge is 2.29. The van der Waals surface area contributed by atoms with Crippen molar-refractivity contribution in [1.29, 1.82) is 0 Å². The first kappa shape index (κ1) is 17.9.